The summed E-state index contributed by atoms with van der Waals surface area (Å²) < 4.78 is 38.6. The third-order valence-electron chi connectivity index (χ3n) is 4.84. The minimum Gasteiger partial charge on any atom is -0.481 e. The predicted molar refractivity (Wildman–Crippen MR) is 107 cm³/mol. The smallest absolute Gasteiger partial charge is 0.263 e. The number of rotatable bonds is 6. The van der Waals surface area contributed by atoms with Crippen molar-refractivity contribution < 1.29 is 22.5 Å². The van der Waals surface area contributed by atoms with Crippen LogP contribution >= 0.6 is 11.6 Å². The number of nitrogens with one attached hydrogen (secondary N) is 1. The van der Waals surface area contributed by atoms with Gasteiger partial charge in [0.15, 0.2) is 11.9 Å². The van der Waals surface area contributed by atoms with Crippen molar-refractivity contribution >= 4 is 27.5 Å². The third-order valence-corrected chi connectivity index (χ3v) is 6.86. The molecule has 0 radical (unpaired) electrons. The molecule has 1 saturated heterocycles. The zero-order valence-electron chi connectivity index (χ0n) is 16.5. The number of nitrogens with zero attached hydrogens (tertiary/aromatic N) is 2. The molecule has 1 aliphatic rings. The lowest BCUT2D eigenvalue weighted by molar-refractivity contribution is -0.139. The fourth-order valence-electron chi connectivity index (χ4n) is 3.38. The molecule has 0 spiro atoms. The molecule has 2 aromatic rings. The van der Waals surface area contributed by atoms with E-state index in [4.69, 9.17) is 20.9 Å². The Morgan fingerprint density at radius 2 is 1.90 bits per heavy atom. The standard InChI is InChI=1S/C19H24ClN3O5S/c1-12-18(13(2)28-21-12)29(25,26)22-16-8-10-23(11-9-16)19(24)14(3)27-17-6-4-15(20)5-7-17/h4-7,14,16,22H,8-11H2,1-3H3. The Morgan fingerprint density at radius 1 is 1.28 bits per heavy atom. The van der Waals surface area contributed by atoms with Gasteiger partial charge in [-0.2, -0.15) is 0 Å². The van der Waals surface area contributed by atoms with E-state index >= 15 is 0 Å². The Bertz CT molecular complexity index is 947. The van der Waals surface area contributed by atoms with Crippen LogP contribution in [0.3, 0.4) is 0 Å². The summed E-state index contributed by atoms with van der Waals surface area (Å²) in [6.07, 6.45) is 0.385. The van der Waals surface area contributed by atoms with Gasteiger partial charge in [0.2, 0.25) is 10.0 Å². The van der Waals surface area contributed by atoms with Crippen LogP contribution in [-0.2, 0) is 14.8 Å². The number of aromatic nitrogens is 1. The second-order valence-electron chi connectivity index (χ2n) is 7.09. The summed E-state index contributed by atoms with van der Waals surface area (Å²) in [4.78, 5) is 14.4. The van der Waals surface area contributed by atoms with Gasteiger partial charge in [0.1, 0.15) is 16.3 Å². The number of amides is 1. The van der Waals surface area contributed by atoms with Crippen LogP contribution in [0.4, 0.5) is 0 Å². The van der Waals surface area contributed by atoms with Crippen LogP contribution in [0.25, 0.3) is 0 Å². The van der Waals surface area contributed by atoms with E-state index in [1.54, 1.807) is 49.9 Å². The van der Waals surface area contributed by atoms with Crippen molar-refractivity contribution in [3.05, 3.63) is 40.7 Å². The molecule has 3 rings (SSSR count). The number of hydrogen-bond donors (Lipinski definition) is 1. The first kappa shape index (κ1) is 21.6. The normalized spacial score (nSPS) is 16.6. The van der Waals surface area contributed by atoms with Crippen LogP contribution < -0.4 is 9.46 Å². The van der Waals surface area contributed by atoms with E-state index in [9.17, 15) is 13.2 Å². The number of hydrogen-bond acceptors (Lipinski definition) is 6. The van der Waals surface area contributed by atoms with Crippen molar-refractivity contribution in [3.8, 4) is 5.75 Å². The van der Waals surface area contributed by atoms with E-state index in [1.807, 2.05) is 0 Å². The van der Waals surface area contributed by atoms with Crippen molar-refractivity contribution in [3.63, 3.8) is 0 Å². The molecule has 1 atom stereocenters. The zero-order chi connectivity index (χ0) is 21.2. The molecule has 1 amide bonds. The molecule has 2 heterocycles. The van der Waals surface area contributed by atoms with Crippen molar-refractivity contribution in [1.29, 1.82) is 0 Å². The van der Waals surface area contributed by atoms with Gasteiger partial charge in [-0.15, -0.1) is 0 Å². The van der Waals surface area contributed by atoms with E-state index < -0.39 is 16.1 Å². The maximum Gasteiger partial charge on any atom is 0.263 e. The monoisotopic (exact) mass is 441 g/mol. The molecule has 8 nitrogen and oxygen atoms in total. The number of carbonyl (C=O) groups excluding carboxylic acids is 1. The molecule has 1 aromatic carbocycles. The van der Waals surface area contributed by atoms with Crippen LogP contribution in [0.2, 0.25) is 5.02 Å². The largest absolute Gasteiger partial charge is 0.481 e. The maximum atomic E-state index is 12.7. The Morgan fingerprint density at radius 3 is 2.45 bits per heavy atom. The van der Waals surface area contributed by atoms with Gasteiger partial charge in [-0.1, -0.05) is 16.8 Å². The molecule has 1 unspecified atom stereocenters. The highest BCUT2D eigenvalue weighted by Gasteiger charge is 2.31. The maximum absolute atomic E-state index is 12.7. The zero-order valence-corrected chi connectivity index (χ0v) is 18.1. The average molecular weight is 442 g/mol. The number of likely N-dealkylation sites (tertiary alicyclic amines) is 1. The molecule has 0 aliphatic carbocycles. The summed E-state index contributed by atoms with van der Waals surface area (Å²) in [5.41, 5.74) is 0.329. The number of aryl methyl sites for hydroxylation is 2. The van der Waals surface area contributed by atoms with E-state index in [1.165, 1.54) is 0 Å². The van der Waals surface area contributed by atoms with E-state index in [0.29, 0.717) is 42.4 Å². The van der Waals surface area contributed by atoms with Crippen molar-refractivity contribution in [2.45, 2.75) is 50.7 Å². The van der Waals surface area contributed by atoms with E-state index in [2.05, 4.69) is 9.88 Å². The predicted octanol–water partition coefficient (Wildman–Crippen LogP) is 2.68. The molecule has 10 heteroatoms. The fourth-order valence-corrected chi connectivity index (χ4v) is 5.14. The average Bonchev–Trinajstić information content (AvgIpc) is 3.02. The lowest BCUT2D eigenvalue weighted by Gasteiger charge is -2.33. The van der Waals surface area contributed by atoms with Crippen LogP contribution in [0.1, 0.15) is 31.2 Å². The van der Waals surface area contributed by atoms with Crippen molar-refractivity contribution in [2.24, 2.45) is 0 Å². The second-order valence-corrected chi connectivity index (χ2v) is 9.18. The summed E-state index contributed by atoms with van der Waals surface area (Å²) in [6, 6.07) is 6.56. The quantitative estimate of drug-likeness (QED) is 0.739. The molecule has 158 valence electrons. The third kappa shape index (κ3) is 5.09. The Hall–Kier alpha value is -2.10. The molecule has 1 fully saturated rings. The fraction of sp³-hybridized carbons (Fsp3) is 0.474. The summed E-state index contributed by atoms with van der Waals surface area (Å²) in [5, 5.41) is 4.30. The number of sulfonamides is 1. The van der Waals surface area contributed by atoms with Gasteiger partial charge in [-0.25, -0.2) is 13.1 Å². The van der Waals surface area contributed by atoms with Gasteiger partial charge in [0.25, 0.3) is 5.91 Å². The first-order valence-corrected chi connectivity index (χ1v) is 11.2. The van der Waals surface area contributed by atoms with Crippen LogP contribution in [-0.4, -0.2) is 49.6 Å². The highest BCUT2D eigenvalue weighted by Crippen LogP contribution is 2.22. The summed E-state index contributed by atoms with van der Waals surface area (Å²) in [5.74, 6) is 0.695. The Kier molecular flexibility index (Phi) is 6.50. The van der Waals surface area contributed by atoms with Crippen LogP contribution in [0.15, 0.2) is 33.7 Å². The highest BCUT2D eigenvalue weighted by atomic mass is 35.5. The SMILES string of the molecule is Cc1noc(C)c1S(=O)(=O)NC1CCN(C(=O)C(C)Oc2ccc(Cl)cc2)CC1. The van der Waals surface area contributed by atoms with E-state index in [-0.39, 0.29) is 22.6 Å². The molecular weight excluding hydrogens is 418 g/mol. The molecular formula is C19H24ClN3O5S. The first-order valence-electron chi connectivity index (χ1n) is 9.33. The summed E-state index contributed by atoms with van der Waals surface area (Å²) >= 11 is 5.85. The minimum atomic E-state index is -3.72. The van der Waals surface area contributed by atoms with Gasteiger partial charge in [-0.3, -0.25) is 4.79 Å². The number of halogens is 1. The summed E-state index contributed by atoms with van der Waals surface area (Å²) in [6.45, 7) is 5.75. The topological polar surface area (TPSA) is 102 Å². The van der Waals surface area contributed by atoms with Crippen molar-refractivity contribution in [1.82, 2.24) is 14.8 Å². The van der Waals surface area contributed by atoms with Gasteiger partial charge in [-0.05, 0) is 57.9 Å². The van der Waals surface area contributed by atoms with Gasteiger partial charge >= 0.3 is 0 Å². The van der Waals surface area contributed by atoms with Crippen molar-refractivity contribution in [2.75, 3.05) is 13.1 Å². The number of ether oxygens (including phenoxy) is 1. The van der Waals surface area contributed by atoms with Gasteiger partial charge in [0.05, 0.1) is 0 Å². The Balaban J connectivity index is 1.54. The minimum absolute atomic E-state index is 0.0843. The summed E-state index contributed by atoms with van der Waals surface area (Å²) in [7, 11) is -3.72. The number of carbonyl (C=O) groups is 1. The Labute approximate surface area is 175 Å². The lowest BCUT2D eigenvalue weighted by atomic mass is 10.1. The molecule has 0 saturated carbocycles. The van der Waals surface area contributed by atoms with Gasteiger partial charge in [0, 0.05) is 24.2 Å². The number of benzene rings is 1. The first-order chi connectivity index (χ1) is 13.7. The second kappa shape index (κ2) is 8.73. The van der Waals surface area contributed by atoms with Crippen LogP contribution in [0, 0.1) is 13.8 Å². The molecule has 1 aromatic heterocycles. The number of piperidine rings is 1. The van der Waals surface area contributed by atoms with Crippen LogP contribution in [0.5, 0.6) is 5.75 Å². The highest BCUT2D eigenvalue weighted by molar-refractivity contribution is 7.89. The molecule has 29 heavy (non-hydrogen) atoms. The van der Waals surface area contributed by atoms with Gasteiger partial charge < -0.3 is 14.2 Å². The molecule has 1 aliphatic heterocycles. The van der Waals surface area contributed by atoms with E-state index in [0.717, 1.165) is 0 Å². The molecule has 0 bridgehead atoms. The lowest BCUT2D eigenvalue weighted by Crippen LogP contribution is -2.49. The molecule has 1 N–H and O–H groups in total.